The Balaban J connectivity index is 2.52. The highest BCUT2D eigenvalue weighted by molar-refractivity contribution is 6.74. The first-order valence-corrected chi connectivity index (χ1v) is 11.3. The van der Waals surface area contributed by atoms with Crippen molar-refractivity contribution in [2.75, 3.05) is 13.2 Å². The van der Waals surface area contributed by atoms with Gasteiger partial charge in [-0.1, -0.05) is 20.8 Å². The minimum absolute atomic E-state index is 0.118. The lowest BCUT2D eigenvalue weighted by atomic mass is 9.80. The first-order chi connectivity index (χ1) is 11.0. The molecule has 0 bridgehead atoms. The predicted molar refractivity (Wildman–Crippen MR) is 92.3 cm³/mol. The standard InChI is InChI=1S/C16H30N2O5Si/c1-7-22-15(21)14(20)18(17-11-19)13-8-12(9-13)10-23-24(5,6)16(2,3)4/h11-13H,7-10H2,1-6H3,(H,17,19). The van der Waals surface area contributed by atoms with Gasteiger partial charge in [-0.25, -0.2) is 9.80 Å². The van der Waals surface area contributed by atoms with E-state index in [0.717, 1.165) is 5.01 Å². The van der Waals surface area contributed by atoms with Crippen molar-refractivity contribution >= 4 is 26.6 Å². The van der Waals surface area contributed by atoms with Gasteiger partial charge in [0.1, 0.15) is 0 Å². The molecule has 138 valence electrons. The van der Waals surface area contributed by atoms with Gasteiger partial charge < -0.3 is 9.16 Å². The maximum atomic E-state index is 12.0. The van der Waals surface area contributed by atoms with Gasteiger partial charge in [0.2, 0.25) is 6.41 Å². The van der Waals surface area contributed by atoms with E-state index in [1.165, 1.54) is 0 Å². The molecule has 0 aromatic heterocycles. The Morgan fingerprint density at radius 1 is 1.29 bits per heavy atom. The summed E-state index contributed by atoms with van der Waals surface area (Å²) in [5, 5.41) is 1.23. The molecule has 0 unspecified atom stereocenters. The topological polar surface area (TPSA) is 84.9 Å². The third-order valence-electron chi connectivity index (χ3n) is 4.92. The molecule has 0 aromatic carbocycles. The van der Waals surface area contributed by atoms with Crippen molar-refractivity contribution in [3.8, 4) is 0 Å². The lowest BCUT2D eigenvalue weighted by Crippen LogP contribution is -2.57. The van der Waals surface area contributed by atoms with Crippen molar-refractivity contribution in [3.05, 3.63) is 0 Å². The predicted octanol–water partition coefficient (Wildman–Crippen LogP) is 1.84. The van der Waals surface area contributed by atoms with Crippen LogP contribution in [0.25, 0.3) is 0 Å². The molecule has 0 aliphatic heterocycles. The van der Waals surface area contributed by atoms with Crippen molar-refractivity contribution in [1.29, 1.82) is 0 Å². The van der Waals surface area contributed by atoms with Gasteiger partial charge in [0.05, 0.1) is 12.6 Å². The Morgan fingerprint density at radius 2 is 1.88 bits per heavy atom. The number of carbonyl (C=O) groups is 3. The Hall–Kier alpha value is -1.41. The van der Waals surface area contributed by atoms with Gasteiger partial charge in [-0.05, 0) is 43.8 Å². The molecule has 0 aromatic rings. The second kappa shape index (κ2) is 8.11. The Labute approximate surface area is 145 Å². The summed E-state index contributed by atoms with van der Waals surface area (Å²) in [6, 6.07) is -0.194. The molecular formula is C16H30N2O5Si. The maximum absolute atomic E-state index is 12.0. The van der Waals surface area contributed by atoms with Crippen molar-refractivity contribution in [2.24, 2.45) is 5.92 Å². The molecule has 0 spiro atoms. The molecule has 0 atom stereocenters. The van der Waals surface area contributed by atoms with E-state index in [4.69, 9.17) is 9.16 Å². The van der Waals surface area contributed by atoms with Crippen LogP contribution in [0, 0.1) is 5.92 Å². The molecule has 1 rings (SSSR count). The van der Waals surface area contributed by atoms with Crippen LogP contribution in [0.15, 0.2) is 0 Å². The van der Waals surface area contributed by atoms with Crippen LogP contribution >= 0.6 is 0 Å². The molecule has 1 saturated carbocycles. The van der Waals surface area contributed by atoms with E-state index in [-0.39, 0.29) is 17.7 Å². The first-order valence-electron chi connectivity index (χ1n) is 8.37. The van der Waals surface area contributed by atoms with Gasteiger partial charge in [0.15, 0.2) is 8.32 Å². The van der Waals surface area contributed by atoms with Crippen LogP contribution < -0.4 is 5.43 Å². The number of hydrogen-bond acceptors (Lipinski definition) is 5. The van der Waals surface area contributed by atoms with Crippen LogP contribution in [0.1, 0.15) is 40.5 Å². The molecule has 0 saturated heterocycles. The van der Waals surface area contributed by atoms with Gasteiger partial charge >= 0.3 is 11.9 Å². The fraction of sp³-hybridized carbons (Fsp3) is 0.812. The third kappa shape index (κ3) is 5.04. The van der Waals surface area contributed by atoms with Gasteiger partial charge in [-0.15, -0.1) is 0 Å². The normalized spacial score (nSPS) is 20.8. The van der Waals surface area contributed by atoms with E-state index in [2.05, 4.69) is 39.3 Å². The zero-order chi connectivity index (χ0) is 18.5. The summed E-state index contributed by atoms with van der Waals surface area (Å²) in [5.74, 6) is -1.46. The van der Waals surface area contributed by atoms with Crippen molar-refractivity contribution < 1.29 is 23.5 Å². The van der Waals surface area contributed by atoms with E-state index in [1.54, 1.807) is 6.92 Å². The van der Waals surface area contributed by atoms with E-state index >= 15 is 0 Å². The summed E-state index contributed by atoms with van der Waals surface area (Å²) in [4.78, 5) is 34.3. The van der Waals surface area contributed by atoms with Gasteiger partial charge in [-0.3, -0.25) is 15.0 Å². The summed E-state index contributed by atoms with van der Waals surface area (Å²) < 4.78 is 10.9. The fourth-order valence-electron chi connectivity index (χ4n) is 2.27. The quantitative estimate of drug-likeness (QED) is 0.247. The molecule has 8 heteroatoms. The van der Waals surface area contributed by atoms with Crippen LogP contribution in [-0.2, 0) is 23.5 Å². The average Bonchev–Trinajstić information content (AvgIpc) is 2.42. The highest BCUT2D eigenvalue weighted by Gasteiger charge is 2.42. The molecular weight excluding hydrogens is 328 g/mol. The summed E-state index contributed by atoms with van der Waals surface area (Å²) in [6.07, 6.45) is 1.79. The molecule has 1 fully saturated rings. The summed E-state index contributed by atoms with van der Waals surface area (Å²) in [5.41, 5.74) is 2.31. The van der Waals surface area contributed by atoms with E-state index in [1.807, 2.05) is 0 Å². The van der Waals surface area contributed by atoms with Crippen molar-refractivity contribution in [1.82, 2.24) is 10.4 Å². The van der Waals surface area contributed by atoms with Crippen LogP contribution in [0.5, 0.6) is 0 Å². The Bertz CT molecular complexity index is 470. The number of hydrogen-bond donors (Lipinski definition) is 1. The van der Waals surface area contributed by atoms with E-state index < -0.39 is 20.2 Å². The molecule has 24 heavy (non-hydrogen) atoms. The number of rotatable bonds is 7. The van der Waals surface area contributed by atoms with Gasteiger partial charge in [0, 0.05) is 6.61 Å². The molecule has 1 aliphatic carbocycles. The minimum Gasteiger partial charge on any atom is -0.459 e. The lowest BCUT2D eigenvalue weighted by Gasteiger charge is -2.43. The molecule has 1 aliphatic rings. The Kier molecular flexibility index (Phi) is 6.97. The number of esters is 1. The lowest BCUT2D eigenvalue weighted by molar-refractivity contribution is -0.165. The molecule has 7 nitrogen and oxygen atoms in total. The Morgan fingerprint density at radius 3 is 2.33 bits per heavy atom. The van der Waals surface area contributed by atoms with Gasteiger partial charge in [-0.2, -0.15) is 0 Å². The molecule has 0 radical (unpaired) electrons. The smallest absolute Gasteiger partial charge is 0.398 e. The van der Waals surface area contributed by atoms with Crippen LogP contribution in [0.2, 0.25) is 18.1 Å². The number of nitrogens with one attached hydrogen (secondary N) is 1. The van der Waals surface area contributed by atoms with E-state index in [9.17, 15) is 14.4 Å². The highest BCUT2D eigenvalue weighted by atomic mass is 28.4. The summed E-state index contributed by atoms with van der Waals surface area (Å²) in [6.45, 7) is 13.4. The zero-order valence-corrected chi connectivity index (χ0v) is 16.5. The fourth-order valence-corrected chi connectivity index (χ4v) is 3.35. The third-order valence-corrected chi connectivity index (χ3v) is 9.42. The number of ether oxygens (including phenoxy) is 1. The van der Waals surface area contributed by atoms with Crippen LogP contribution in [0.4, 0.5) is 0 Å². The monoisotopic (exact) mass is 358 g/mol. The van der Waals surface area contributed by atoms with Gasteiger partial charge in [0.25, 0.3) is 0 Å². The minimum atomic E-state index is -1.79. The molecule has 1 N–H and O–H groups in total. The van der Waals surface area contributed by atoms with Crippen molar-refractivity contribution in [2.45, 2.75) is 64.7 Å². The summed E-state index contributed by atoms with van der Waals surface area (Å²) in [7, 11) is -1.79. The SMILES string of the molecule is CCOC(=O)C(=O)N(NC=O)C1CC(CO[Si](C)(C)C(C)(C)C)C1. The van der Waals surface area contributed by atoms with Crippen LogP contribution in [0.3, 0.4) is 0 Å². The van der Waals surface area contributed by atoms with Crippen molar-refractivity contribution in [3.63, 3.8) is 0 Å². The highest BCUT2D eigenvalue weighted by Crippen LogP contribution is 2.39. The number of amides is 2. The second-order valence-corrected chi connectivity index (χ2v) is 12.5. The zero-order valence-electron chi connectivity index (χ0n) is 15.5. The summed E-state index contributed by atoms with van der Waals surface area (Å²) >= 11 is 0. The van der Waals surface area contributed by atoms with Crippen LogP contribution in [-0.4, -0.2) is 50.9 Å². The largest absolute Gasteiger partial charge is 0.459 e. The number of carbonyl (C=O) groups excluding carboxylic acids is 3. The first kappa shape index (κ1) is 20.6. The second-order valence-electron chi connectivity index (χ2n) is 7.71. The average molecular weight is 359 g/mol. The molecule has 2 amide bonds. The van der Waals surface area contributed by atoms with E-state index in [0.29, 0.717) is 31.8 Å². The number of nitrogens with zero attached hydrogens (tertiary/aromatic N) is 1. The number of hydrazine groups is 1. The maximum Gasteiger partial charge on any atom is 0.398 e. The molecule has 0 heterocycles.